The third kappa shape index (κ3) is 6.40. The molecule has 1 aromatic rings. The summed E-state index contributed by atoms with van der Waals surface area (Å²) in [6, 6.07) is 4.33. The fourth-order valence-corrected chi connectivity index (χ4v) is 3.81. The van der Waals surface area contributed by atoms with E-state index in [2.05, 4.69) is 51.5 Å². The van der Waals surface area contributed by atoms with Gasteiger partial charge in [-0.3, -0.25) is 4.99 Å². The molecule has 0 saturated carbocycles. The topological polar surface area (TPSA) is 15.6 Å². The monoisotopic (exact) mass is 462 g/mol. The van der Waals surface area contributed by atoms with Crippen molar-refractivity contribution in [2.75, 3.05) is 19.6 Å². The summed E-state index contributed by atoms with van der Waals surface area (Å²) in [5.41, 5.74) is 6.04. The number of hydrogen-bond acceptors (Lipinski definition) is 2. The molecule has 2 aliphatic rings. The minimum absolute atomic E-state index is 0.278. The number of nitrogens with zero attached hydrogens (tertiary/aromatic N) is 2. The average molecular weight is 463 g/mol. The van der Waals surface area contributed by atoms with E-state index in [4.69, 9.17) is 4.99 Å². The summed E-state index contributed by atoms with van der Waals surface area (Å²) in [7, 11) is 0. The summed E-state index contributed by atoms with van der Waals surface area (Å²) in [4.78, 5) is 7.29. The Balaban J connectivity index is 0.00000199. The molecular weight excluding hydrogens is 426 g/mol. The van der Waals surface area contributed by atoms with Crippen molar-refractivity contribution in [1.82, 2.24) is 4.90 Å². The summed E-state index contributed by atoms with van der Waals surface area (Å²) < 4.78 is 28.5. The van der Waals surface area contributed by atoms with Crippen LogP contribution in [0.25, 0.3) is 5.57 Å². The summed E-state index contributed by atoms with van der Waals surface area (Å²) in [6.45, 7) is 18.7. The predicted molar refractivity (Wildman–Crippen MR) is 143 cm³/mol. The molecule has 0 amide bonds. The van der Waals surface area contributed by atoms with Crippen LogP contribution in [-0.4, -0.2) is 30.2 Å². The van der Waals surface area contributed by atoms with Gasteiger partial charge in [-0.2, -0.15) is 0 Å². The van der Waals surface area contributed by atoms with Crippen LogP contribution in [0.15, 0.2) is 102 Å². The molecule has 1 aliphatic carbocycles. The van der Waals surface area contributed by atoms with Crippen molar-refractivity contribution >= 4 is 11.3 Å². The molecule has 1 heterocycles. The van der Waals surface area contributed by atoms with Gasteiger partial charge >= 0.3 is 0 Å². The molecule has 0 unspecified atom stereocenters. The normalized spacial score (nSPS) is 18.7. The van der Waals surface area contributed by atoms with E-state index in [0.29, 0.717) is 12.1 Å². The highest BCUT2D eigenvalue weighted by atomic mass is 19.2. The maximum Gasteiger partial charge on any atom is 0.166 e. The molecule has 0 radical (unpaired) electrons. The van der Waals surface area contributed by atoms with E-state index in [1.807, 2.05) is 30.4 Å². The highest BCUT2D eigenvalue weighted by molar-refractivity contribution is 6.18. The summed E-state index contributed by atoms with van der Waals surface area (Å²) in [6.07, 6.45) is 14.8. The molecule has 0 atom stereocenters. The molecule has 4 heteroatoms. The maximum atomic E-state index is 14.6. The SMILES string of the molecule is C=C.C=C/C(=C\C=C/CC)CN=C1C(CC)=CC(c2cccc(F)c2F)=C/C1=C(/C)N1CCC1. The van der Waals surface area contributed by atoms with Gasteiger partial charge in [0.2, 0.25) is 0 Å². The third-order valence-electron chi connectivity index (χ3n) is 5.92. The van der Waals surface area contributed by atoms with Crippen molar-refractivity contribution in [2.45, 2.75) is 40.0 Å². The molecule has 0 bridgehead atoms. The van der Waals surface area contributed by atoms with Gasteiger partial charge in [-0.05, 0) is 61.1 Å². The van der Waals surface area contributed by atoms with Crippen molar-refractivity contribution in [3.8, 4) is 0 Å². The first-order valence-electron chi connectivity index (χ1n) is 11.9. The lowest BCUT2D eigenvalue weighted by molar-refractivity contribution is 0.238. The van der Waals surface area contributed by atoms with Gasteiger partial charge in [0.15, 0.2) is 11.6 Å². The Hall–Kier alpha value is -3.27. The van der Waals surface area contributed by atoms with Gasteiger partial charge in [0.25, 0.3) is 0 Å². The number of benzene rings is 1. The fourth-order valence-electron chi connectivity index (χ4n) is 3.81. The largest absolute Gasteiger partial charge is 0.374 e. The Morgan fingerprint density at radius 2 is 1.88 bits per heavy atom. The first-order valence-corrected chi connectivity index (χ1v) is 11.9. The molecule has 180 valence electrons. The van der Waals surface area contributed by atoms with Crippen LogP contribution in [0.5, 0.6) is 0 Å². The first-order chi connectivity index (χ1) is 16.5. The van der Waals surface area contributed by atoms with Crippen LogP contribution >= 0.6 is 0 Å². The van der Waals surface area contributed by atoms with E-state index in [1.165, 1.54) is 0 Å². The standard InChI is InChI=1S/C28H32F2N2.C2H4/c1-5-8-9-12-21(6-2)19-31-28-22(7-3)17-23(24-13-10-14-26(29)27(24)30)18-25(28)20(4)32-15-11-16-32;1-2/h6,8-10,12-14,17-18H,2,5,7,11,15-16,19H2,1,3-4H3;1-2H2/b9-8-,21-12+,25-20+,31-28?;. The number of allylic oxidation sites excluding steroid dienone is 9. The van der Waals surface area contributed by atoms with Gasteiger partial charge in [0, 0.05) is 29.9 Å². The Morgan fingerprint density at radius 1 is 1.15 bits per heavy atom. The Labute approximate surface area is 203 Å². The Kier molecular flexibility index (Phi) is 10.7. The summed E-state index contributed by atoms with van der Waals surface area (Å²) >= 11 is 0. The Bertz CT molecular complexity index is 1060. The first kappa shape index (κ1) is 27.0. The molecule has 34 heavy (non-hydrogen) atoms. The fraction of sp³-hybridized carbons (Fsp3) is 0.300. The van der Waals surface area contributed by atoms with E-state index in [0.717, 1.165) is 66.5 Å². The van der Waals surface area contributed by atoms with E-state index in [1.54, 1.807) is 12.1 Å². The van der Waals surface area contributed by atoms with Crippen molar-refractivity contribution in [3.63, 3.8) is 0 Å². The van der Waals surface area contributed by atoms with Gasteiger partial charge in [-0.1, -0.05) is 56.9 Å². The average Bonchev–Trinajstić information content (AvgIpc) is 2.82. The quantitative estimate of drug-likeness (QED) is 0.282. The molecule has 0 spiro atoms. The smallest absolute Gasteiger partial charge is 0.166 e. The number of aliphatic imine (C=N–C) groups is 1. The van der Waals surface area contributed by atoms with Crippen LogP contribution in [0.1, 0.15) is 45.6 Å². The highest BCUT2D eigenvalue weighted by Crippen LogP contribution is 2.33. The van der Waals surface area contributed by atoms with Crippen molar-refractivity contribution in [2.24, 2.45) is 4.99 Å². The molecule has 1 aliphatic heterocycles. The molecule has 2 nitrogen and oxygen atoms in total. The van der Waals surface area contributed by atoms with E-state index >= 15 is 0 Å². The minimum atomic E-state index is -0.833. The summed E-state index contributed by atoms with van der Waals surface area (Å²) in [5.74, 6) is -1.65. The van der Waals surface area contributed by atoms with Crippen LogP contribution in [0.2, 0.25) is 0 Å². The Morgan fingerprint density at radius 3 is 2.47 bits per heavy atom. The van der Waals surface area contributed by atoms with E-state index in [9.17, 15) is 8.78 Å². The van der Waals surface area contributed by atoms with Gasteiger partial charge in [0.05, 0.1) is 12.3 Å². The second-order valence-corrected chi connectivity index (χ2v) is 8.01. The molecule has 0 aromatic heterocycles. The molecule has 0 N–H and O–H groups in total. The lowest BCUT2D eigenvalue weighted by atomic mass is 9.86. The molecule has 1 aromatic carbocycles. The second kappa shape index (κ2) is 13.4. The second-order valence-electron chi connectivity index (χ2n) is 8.01. The zero-order chi connectivity index (χ0) is 25.1. The molecule has 3 rings (SSSR count). The van der Waals surface area contributed by atoms with Crippen LogP contribution in [0.3, 0.4) is 0 Å². The molecule has 1 saturated heterocycles. The highest BCUT2D eigenvalue weighted by Gasteiger charge is 2.25. The van der Waals surface area contributed by atoms with Crippen molar-refractivity contribution in [3.05, 3.63) is 114 Å². The van der Waals surface area contributed by atoms with E-state index in [-0.39, 0.29) is 5.56 Å². The van der Waals surface area contributed by atoms with Crippen LogP contribution in [0, 0.1) is 11.6 Å². The lowest BCUT2D eigenvalue weighted by Gasteiger charge is -2.36. The third-order valence-corrected chi connectivity index (χ3v) is 5.92. The minimum Gasteiger partial charge on any atom is -0.374 e. The number of hydrogen-bond donors (Lipinski definition) is 0. The van der Waals surface area contributed by atoms with E-state index < -0.39 is 11.6 Å². The zero-order valence-corrected chi connectivity index (χ0v) is 20.7. The number of rotatable bonds is 8. The van der Waals surface area contributed by atoms with Gasteiger partial charge in [-0.15, -0.1) is 13.2 Å². The van der Waals surface area contributed by atoms with Gasteiger partial charge < -0.3 is 4.90 Å². The number of halogens is 2. The van der Waals surface area contributed by atoms with Crippen LogP contribution in [-0.2, 0) is 0 Å². The van der Waals surface area contributed by atoms with Crippen LogP contribution < -0.4 is 0 Å². The molecular formula is C30H36F2N2. The maximum absolute atomic E-state index is 14.6. The lowest BCUT2D eigenvalue weighted by Crippen LogP contribution is -2.36. The zero-order valence-electron chi connectivity index (χ0n) is 20.7. The van der Waals surface area contributed by atoms with Gasteiger partial charge in [0.1, 0.15) is 0 Å². The van der Waals surface area contributed by atoms with Crippen molar-refractivity contribution < 1.29 is 8.78 Å². The number of likely N-dealkylation sites (tertiary alicyclic amines) is 1. The summed E-state index contributed by atoms with van der Waals surface area (Å²) in [5, 5.41) is 0. The van der Waals surface area contributed by atoms with Crippen molar-refractivity contribution in [1.29, 1.82) is 0 Å². The van der Waals surface area contributed by atoms with Gasteiger partial charge in [-0.25, -0.2) is 8.78 Å². The van der Waals surface area contributed by atoms with Crippen LogP contribution in [0.4, 0.5) is 8.78 Å². The molecule has 1 fully saturated rings. The predicted octanol–water partition coefficient (Wildman–Crippen LogP) is 8.00.